The highest BCUT2D eigenvalue weighted by molar-refractivity contribution is 6.01. The SMILES string of the molecule is Cc1cc(C(=O)C(C)(C)F)ccc1F. The largest absolute Gasteiger partial charge is 0.291 e. The minimum atomic E-state index is -1.91. The van der Waals surface area contributed by atoms with Gasteiger partial charge in [-0.05, 0) is 44.5 Å². The first-order chi connectivity index (χ1) is 6.32. The fraction of sp³-hybridized carbons (Fsp3) is 0.364. The van der Waals surface area contributed by atoms with Gasteiger partial charge in [0.05, 0.1) is 0 Å². The highest BCUT2D eigenvalue weighted by atomic mass is 19.1. The van der Waals surface area contributed by atoms with Crippen molar-refractivity contribution in [3.63, 3.8) is 0 Å². The summed E-state index contributed by atoms with van der Waals surface area (Å²) in [5.74, 6) is -1.01. The third-order valence-electron chi connectivity index (χ3n) is 1.96. The Morgan fingerprint density at radius 3 is 2.36 bits per heavy atom. The fourth-order valence-corrected chi connectivity index (χ4v) is 1.13. The van der Waals surface area contributed by atoms with Crippen molar-refractivity contribution in [1.82, 2.24) is 0 Å². The molecule has 0 heterocycles. The summed E-state index contributed by atoms with van der Waals surface area (Å²) in [7, 11) is 0. The Morgan fingerprint density at radius 1 is 1.36 bits per heavy atom. The van der Waals surface area contributed by atoms with Gasteiger partial charge in [0.2, 0.25) is 0 Å². The summed E-state index contributed by atoms with van der Waals surface area (Å²) in [4.78, 5) is 11.4. The number of halogens is 2. The van der Waals surface area contributed by atoms with Crippen molar-refractivity contribution in [2.24, 2.45) is 0 Å². The lowest BCUT2D eigenvalue weighted by Gasteiger charge is -2.12. The number of Topliss-reactive ketones (excluding diaryl/α,β-unsaturated/α-hetero) is 1. The Labute approximate surface area is 81.7 Å². The number of aryl methyl sites for hydroxylation is 1. The van der Waals surface area contributed by atoms with Gasteiger partial charge in [-0.25, -0.2) is 8.78 Å². The van der Waals surface area contributed by atoms with E-state index >= 15 is 0 Å². The lowest BCUT2D eigenvalue weighted by molar-refractivity contribution is 0.0760. The number of carbonyl (C=O) groups excluding carboxylic acids is 1. The highest BCUT2D eigenvalue weighted by Gasteiger charge is 2.27. The Morgan fingerprint density at radius 2 is 1.93 bits per heavy atom. The van der Waals surface area contributed by atoms with Crippen molar-refractivity contribution in [2.75, 3.05) is 0 Å². The molecule has 0 unspecified atom stereocenters. The van der Waals surface area contributed by atoms with E-state index in [4.69, 9.17) is 0 Å². The van der Waals surface area contributed by atoms with E-state index in [-0.39, 0.29) is 5.56 Å². The van der Waals surface area contributed by atoms with E-state index in [0.29, 0.717) is 5.56 Å². The molecule has 0 spiro atoms. The second-order valence-corrected chi connectivity index (χ2v) is 3.77. The van der Waals surface area contributed by atoms with Crippen LogP contribution in [-0.2, 0) is 0 Å². The monoisotopic (exact) mass is 198 g/mol. The average Bonchev–Trinajstić information content (AvgIpc) is 2.07. The highest BCUT2D eigenvalue weighted by Crippen LogP contribution is 2.18. The Kier molecular flexibility index (Phi) is 2.69. The summed E-state index contributed by atoms with van der Waals surface area (Å²) in [5, 5.41) is 0. The molecule has 0 aromatic heterocycles. The molecule has 0 aliphatic rings. The Bertz CT molecular complexity index is 364. The van der Waals surface area contributed by atoms with Crippen LogP contribution < -0.4 is 0 Å². The lowest BCUT2D eigenvalue weighted by atomic mass is 9.97. The number of alkyl halides is 1. The molecule has 0 saturated carbocycles. The smallest absolute Gasteiger partial charge is 0.199 e. The number of carbonyl (C=O) groups is 1. The van der Waals surface area contributed by atoms with Gasteiger partial charge >= 0.3 is 0 Å². The predicted octanol–water partition coefficient (Wildman–Crippen LogP) is 3.06. The van der Waals surface area contributed by atoms with E-state index in [1.807, 2.05) is 0 Å². The molecule has 0 atom stereocenters. The maximum Gasteiger partial charge on any atom is 0.199 e. The second-order valence-electron chi connectivity index (χ2n) is 3.77. The van der Waals surface area contributed by atoms with Crippen LogP contribution in [0.5, 0.6) is 0 Å². The van der Waals surface area contributed by atoms with Gasteiger partial charge in [0, 0.05) is 5.56 Å². The fourth-order valence-electron chi connectivity index (χ4n) is 1.13. The van der Waals surface area contributed by atoms with Gasteiger partial charge in [-0.3, -0.25) is 4.79 Å². The maximum absolute atomic E-state index is 13.3. The van der Waals surface area contributed by atoms with Gasteiger partial charge in [0.15, 0.2) is 11.5 Å². The number of ketones is 1. The van der Waals surface area contributed by atoms with E-state index < -0.39 is 17.3 Å². The quantitative estimate of drug-likeness (QED) is 0.667. The van der Waals surface area contributed by atoms with E-state index in [1.54, 1.807) is 0 Å². The molecule has 1 rings (SSSR count). The van der Waals surface area contributed by atoms with Gasteiger partial charge in [-0.1, -0.05) is 0 Å². The van der Waals surface area contributed by atoms with Gasteiger partial charge in [0.25, 0.3) is 0 Å². The summed E-state index contributed by atoms with van der Waals surface area (Å²) >= 11 is 0. The van der Waals surface area contributed by atoms with Crippen molar-refractivity contribution < 1.29 is 13.6 Å². The molecule has 1 nitrogen and oxygen atoms in total. The first-order valence-electron chi connectivity index (χ1n) is 4.32. The molecule has 0 aliphatic heterocycles. The minimum Gasteiger partial charge on any atom is -0.291 e. The van der Waals surface area contributed by atoms with Crippen molar-refractivity contribution in [3.8, 4) is 0 Å². The molecule has 0 radical (unpaired) electrons. The van der Waals surface area contributed by atoms with E-state index in [2.05, 4.69) is 0 Å². The van der Waals surface area contributed by atoms with E-state index in [0.717, 1.165) is 0 Å². The van der Waals surface area contributed by atoms with Gasteiger partial charge in [-0.2, -0.15) is 0 Å². The number of benzene rings is 1. The lowest BCUT2D eigenvalue weighted by Crippen LogP contribution is -2.26. The predicted molar refractivity (Wildman–Crippen MR) is 50.7 cm³/mol. The summed E-state index contributed by atoms with van der Waals surface area (Å²) in [6, 6.07) is 3.83. The van der Waals surface area contributed by atoms with Crippen LogP contribution >= 0.6 is 0 Å². The summed E-state index contributed by atoms with van der Waals surface area (Å²) in [6.45, 7) is 3.92. The van der Waals surface area contributed by atoms with Crippen LogP contribution in [0.1, 0.15) is 29.8 Å². The molecular formula is C11H12F2O. The Balaban J connectivity index is 3.10. The van der Waals surface area contributed by atoms with Gasteiger partial charge < -0.3 is 0 Å². The summed E-state index contributed by atoms with van der Waals surface area (Å²) < 4.78 is 26.1. The molecule has 76 valence electrons. The molecule has 0 bridgehead atoms. The van der Waals surface area contributed by atoms with E-state index in [1.165, 1.54) is 39.0 Å². The zero-order valence-electron chi connectivity index (χ0n) is 8.40. The van der Waals surface area contributed by atoms with Crippen molar-refractivity contribution in [1.29, 1.82) is 0 Å². The molecule has 0 saturated heterocycles. The van der Waals surface area contributed by atoms with E-state index in [9.17, 15) is 13.6 Å². The normalized spacial score (nSPS) is 11.5. The number of hydrogen-bond donors (Lipinski definition) is 0. The third-order valence-corrected chi connectivity index (χ3v) is 1.96. The van der Waals surface area contributed by atoms with Gasteiger partial charge in [-0.15, -0.1) is 0 Å². The molecule has 0 aliphatic carbocycles. The minimum absolute atomic E-state index is 0.205. The second kappa shape index (κ2) is 3.48. The first kappa shape index (κ1) is 10.8. The average molecular weight is 198 g/mol. The summed E-state index contributed by atoms with van der Waals surface area (Å²) in [5.41, 5.74) is -1.36. The van der Waals surface area contributed by atoms with Crippen LogP contribution in [0, 0.1) is 12.7 Å². The maximum atomic E-state index is 13.3. The van der Waals surface area contributed by atoms with Crippen LogP contribution in [0.3, 0.4) is 0 Å². The molecule has 14 heavy (non-hydrogen) atoms. The molecule has 0 fully saturated rings. The molecule has 0 N–H and O–H groups in total. The first-order valence-corrected chi connectivity index (χ1v) is 4.32. The van der Waals surface area contributed by atoms with Crippen LogP contribution in [0.4, 0.5) is 8.78 Å². The zero-order valence-corrected chi connectivity index (χ0v) is 8.40. The van der Waals surface area contributed by atoms with Crippen LogP contribution in [0.15, 0.2) is 18.2 Å². The van der Waals surface area contributed by atoms with Crippen LogP contribution in [0.2, 0.25) is 0 Å². The molecular weight excluding hydrogens is 186 g/mol. The van der Waals surface area contributed by atoms with Crippen molar-refractivity contribution in [2.45, 2.75) is 26.4 Å². The Hall–Kier alpha value is -1.25. The van der Waals surface area contributed by atoms with Crippen molar-refractivity contribution in [3.05, 3.63) is 35.1 Å². The van der Waals surface area contributed by atoms with Crippen LogP contribution in [0.25, 0.3) is 0 Å². The van der Waals surface area contributed by atoms with Gasteiger partial charge in [0.1, 0.15) is 5.82 Å². The van der Waals surface area contributed by atoms with Crippen LogP contribution in [-0.4, -0.2) is 11.5 Å². The van der Waals surface area contributed by atoms with Crippen molar-refractivity contribution >= 4 is 5.78 Å². The molecule has 1 aromatic rings. The zero-order chi connectivity index (χ0) is 10.9. The number of hydrogen-bond acceptors (Lipinski definition) is 1. The number of rotatable bonds is 2. The standard InChI is InChI=1S/C11H12F2O/c1-7-6-8(4-5-9(7)12)10(14)11(2,3)13/h4-6H,1-3H3. The molecule has 3 heteroatoms. The topological polar surface area (TPSA) is 17.1 Å². The third kappa shape index (κ3) is 2.16. The molecule has 0 amide bonds. The summed E-state index contributed by atoms with van der Waals surface area (Å²) in [6.07, 6.45) is 0. The molecule has 1 aromatic carbocycles.